The van der Waals surface area contributed by atoms with Crippen molar-refractivity contribution < 1.29 is 9.21 Å². The number of carbonyl (C=O) groups excluding carboxylic acids is 1. The zero-order valence-electron chi connectivity index (χ0n) is 10.7. The predicted molar refractivity (Wildman–Crippen MR) is 69.0 cm³/mol. The van der Waals surface area contributed by atoms with E-state index in [1.807, 2.05) is 31.2 Å². The second kappa shape index (κ2) is 5.04. The highest BCUT2D eigenvalue weighted by Crippen LogP contribution is 2.18. The maximum absolute atomic E-state index is 10.5. The monoisotopic (exact) mass is 269 g/mol. The van der Waals surface area contributed by atoms with Gasteiger partial charge < -0.3 is 4.42 Å². The molecule has 7 heteroatoms. The Labute approximate surface area is 114 Å². The molecule has 3 rings (SSSR count). The van der Waals surface area contributed by atoms with Crippen LogP contribution >= 0.6 is 0 Å². The van der Waals surface area contributed by atoms with Crippen LogP contribution in [-0.2, 0) is 6.54 Å². The Morgan fingerprint density at radius 2 is 2.20 bits per heavy atom. The zero-order valence-corrected chi connectivity index (χ0v) is 10.7. The molecule has 0 amide bonds. The van der Waals surface area contributed by atoms with E-state index < -0.39 is 0 Å². The summed E-state index contributed by atoms with van der Waals surface area (Å²) in [5.41, 5.74) is 2.26. The predicted octanol–water partition coefficient (Wildman–Crippen LogP) is 1.50. The topological polar surface area (TPSA) is 86.7 Å². The van der Waals surface area contributed by atoms with Crippen molar-refractivity contribution in [1.29, 1.82) is 0 Å². The number of carbonyl (C=O) groups is 1. The minimum absolute atomic E-state index is 0.267. The fourth-order valence-corrected chi connectivity index (χ4v) is 1.80. The molecule has 0 spiro atoms. The number of nitrogens with zero attached hydrogens (tertiary/aromatic N) is 5. The molecule has 1 aromatic carbocycles. The summed E-state index contributed by atoms with van der Waals surface area (Å²) in [6.45, 7) is 2.27. The molecule has 2 heterocycles. The van der Waals surface area contributed by atoms with E-state index in [1.165, 1.54) is 10.9 Å². The van der Waals surface area contributed by atoms with Crippen molar-refractivity contribution in [3.05, 3.63) is 47.6 Å². The molecule has 0 radical (unpaired) electrons. The molecule has 0 aliphatic heterocycles. The largest absolute Gasteiger partial charge is 0.419 e. The lowest BCUT2D eigenvalue weighted by molar-refractivity contribution is 0.111. The summed E-state index contributed by atoms with van der Waals surface area (Å²) in [6.07, 6.45) is 2.15. The van der Waals surface area contributed by atoms with Gasteiger partial charge in [-0.05, 0) is 19.1 Å². The Bertz CT molecular complexity index is 747. The summed E-state index contributed by atoms with van der Waals surface area (Å²) in [5, 5.41) is 15.4. The van der Waals surface area contributed by atoms with Gasteiger partial charge in [-0.2, -0.15) is 0 Å². The molecule has 100 valence electrons. The van der Waals surface area contributed by atoms with Gasteiger partial charge in [0.2, 0.25) is 11.8 Å². The van der Waals surface area contributed by atoms with Crippen LogP contribution in [0, 0.1) is 6.92 Å². The third-order valence-corrected chi connectivity index (χ3v) is 2.71. The Morgan fingerprint density at radius 1 is 1.30 bits per heavy atom. The third kappa shape index (κ3) is 2.46. The van der Waals surface area contributed by atoms with Crippen LogP contribution in [-0.4, -0.2) is 31.5 Å². The normalized spacial score (nSPS) is 10.7. The molecule has 7 nitrogen and oxygen atoms in total. The van der Waals surface area contributed by atoms with Crippen LogP contribution in [0.4, 0.5) is 0 Å². The Balaban J connectivity index is 1.81. The summed E-state index contributed by atoms with van der Waals surface area (Å²) < 4.78 is 7.04. The van der Waals surface area contributed by atoms with Crippen molar-refractivity contribution in [3.8, 4) is 11.5 Å². The van der Waals surface area contributed by atoms with E-state index in [9.17, 15) is 4.79 Å². The molecule has 0 unspecified atom stereocenters. The highest BCUT2D eigenvalue weighted by Gasteiger charge is 2.10. The van der Waals surface area contributed by atoms with Crippen LogP contribution in [0.1, 0.15) is 21.9 Å². The summed E-state index contributed by atoms with van der Waals surface area (Å²) in [6, 6.07) is 7.81. The molecular formula is C13H11N5O2. The molecule has 0 atom stereocenters. The van der Waals surface area contributed by atoms with E-state index in [2.05, 4.69) is 20.5 Å². The van der Waals surface area contributed by atoms with E-state index in [4.69, 9.17) is 4.42 Å². The highest BCUT2D eigenvalue weighted by molar-refractivity contribution is 5.70. The average Bonchev–Trinajstić information content (AvgIpc) is 3.08. The molecule has 0 saturated carbocycles. The number of hydrogen-bond acceptors (Lipinski definition) is 6. The second-order valence-electron chi connectivity index (χ2n) is 4.33. The van der Waals surface area contributed by atoms with E-state index in [0.29, 0.717) is 18.1 Å². The van der Waals surface area contributed by atoms with Gasteiger partial charge in [-0.25, -0.2) is 4.68 Å². The van der Waals surface area contributed by atoms with Gasteiger partial charge in [0.15, 0.2) is 6.29 Å². The van der Waals surface area contributed by atoms with Gasteiger partial charge in [0.25, 0.3) is 0 Å². The number of aldehydes is 1. The standard InChI is InChI=1S/C13H11N5O2/c1-9-3-2-4-10(5-9)13-16-15-12(20-13)7-18-6-11(8-19)14-17-18/h2-6,8H,7H2,1H3. The van der Waals surface area contributed by atoms with Gasteiger partial charge in [0, 0.05) is 5.56 Å². The second-order valence-corrected chi connectivity index (χ2v) is 4.33. The Kier molecular flexibility index (Phi) is 3.08. The van der Waals surface area contributed by atoms with Crippen LogP contribution in [0.5, 0.6) is 0 Å². The smallest absolute Gasteiger partial charge is 0.247 e. The van der Waals surface area contributed by atoms with E-state index in [-0.39, 0.29) is 12.2 Å². The lowest BCUT2D eigenvalue weighted by Gasteiger charge is -1.96. The lowest BCUT2D eigenvalue weighted by atomic mass is 10.1. The van der Waals surface area contributed by atoms with Gasteiger partial charge >= 0.3 is 0 Å². The number of aryl methyl sites for hydroxylation is 1. The van der Waals surface area contributed by atoms with Crippen molar-refractivity contribution in [2.45, 2.75) is 13.5 Å². The fraction of sp³-hybridized carbons (Fsp3) is 0.154. The molecular weight excluding hydrogens is 258 g/mol. The SMILES string of the molecule is Cc1cccc(-c2nnc(Cn3cc(C=O)nn3)o2)c1. The van der Waals surface area contributed by atoms with Crippen LogP contribution < -0.4 is 0 Å². The van der Waals surface area contributed by atoms with Crippen molar-refractivity contribution in [2.75, 3.05) is 0 Å². The Hall–Kier alpha value is -2.83. The molecule has 0 aliphatic carbocycles. The zero-order chi connectivity index (χ0) is 13.9. The summed E-state index contributed by atoms with van der Waals surface area (Å²) in [7, 11) is 0. The number of aromatic nitrogens is 5. The minimum Gasteiger partial charge on any atom is -0.419 e. The van der Waals surface area contributed by atoms with Crippen LogP contribution in [0.3, 0.4) is 0 Å². The first-order valence-electron chi connectivity index (χ1n) is 5.99. The van der Waals surface area contributed by atoms with Crippen molar-refractivity contribution >= 4 is 6.29 Å². The minimum atomic E-state index is 0.267. The molecule has 2 aromatic heterocycles. The summed E-state index contributed by atoms with van der Waals surface area (Å²) in [5.74, 6) is 0.864. The van der Waals surface area contributed by atoms with Crippen molar-refractivity contribution in [2.24, 2.45) is 0 Å². The summed E-state index contributed by atoms with van der Waals surface area (Å²) in [4.78, 5) is 10.5. The molecule has 20 heavy (non-hydrogen) atoms. The van der Waals surface area contributed by atoms with Crippen LogP contribution in [0.25, 0.3) is 11.5 Å². The first-order valence-corrected chi connectivity index (χ1v) is 5.99. The first kappa shape index (κ1) is 12.2. The van der Waals surface area contributed by atoms with E-state index >= 15 is 0 Å². The summed E-state index contributed by atoms with van der Waals surface area (Å²) >= 11 is 0. The van der Waals surface area contributed by atoms with Crippen molar-refractivity contribution in [1.82, 2.24) is 25.2 Å². The Morgan fingerprint density at radius 3 is 2.95 bits per heavy atom. The quantitative estimate of drug-likeness (QED) is 0.667. The van der Waals surface area contributed by atoms with Gasteiger partial charge in [0.1, 0.15) is 12.2 Å². The maximum atomic E-state index is 10.5. The van der Waals surface area contributed by atoms with Crippen LogP contribution in [0.15, 0.2) is 34.9 Å². The van der Waals surface area contributed by atoms with Gasteiger partial charge in [-0.3, -0.25) is 4.79 Å². The first-order chi connectivity index (χ1) is 9.74. The lowest BCUT2D eigenvalue weighted by Crippen LogP contribution is -2.00. The van der Waals surface area contributed by atoms with Gasteiger partial charge in [-0.15, -0.1) is 15.3 Å². The number of hydrogen-bond donors (Lipinski definition) is 0. The van der Waals surface area contributed by atoms with E-state index in [0.717, 1.165) is 11.1 Å². The fourth-order valence-electron chi connectivity index (χ4n) is 1.80. The van der Waals surface area contributed by atoms with E-state index in [1.54, 1.807) is 0 Å². The van der Waals surface area contributed by atoms with Crippen LogP contribution in [0.2, 0.25) is 0 Å². The number of rotatable bonds is 4. The van der Waals surface area contributed by atoms with Crippen molar-refractivity contribution in [3.63, 3.8) is 0 Å². The molecule has 0 saturated heterocycles. The maximum Gasteiger partial charge on any atom is 0.247 e. The molecule has 0 aliphatic rings. The average molecular weight is 269 g/mol. The highest BCUT2D eigenvalue weighted by atomic mass is 16.4. The molecule has 0 N–H and O–H groups in total. The molecule has 0 fully saturated rings. The third-order valence-electron chi connectivity index (χ3n) is 2.71. The molecule has 0 bridgehead atoms. The number of benzene rings is 1. The molecule has 3 aromatic rings. The van der Waals surface area contributed by atoms with Gasteiger partial charge in [0.05, 0.1) is 6.20 Å². The van der Waals surface area contributed by atoms with Gasteiger partial charge in [-0.1, -0.05) is 22.9 Å².